The first-order valence-electron chi connectivity index (χ1n) is 8.67. The number of benzene rings is 2. The number of nitrogens with zero attached hydrogens (tertiary/aromatic N) is 2. The van der Waals surface area contributed by atoms with Crippen molar-refractivity contribution in [1.82, 2.24) is 4.98 Å². The van der Waals surface area contributed by atoms with Gasteiger partial charge in [-0.1, -0.05) is 42.0 Å². The van der Waals surface area contributed by atoms with Gasteiger partial charge >= 0.3 is 0 Å². The van der Waals surface area contributed by atoms with Crippen molar-refractivity contribution in [3.63, 3.8) is 0 Å². The number of hydrogen-bond acceptors (Lipinski definition) is 4. The zero-order valence-electron chi connectivity index (χ0n) is 14.9. The third-order valence-electron chi connectivity index (χ3n) is 4.67. The standard InChI is InChI=1S/C21H20N2O2S/c1-14-8-10-16(11-9-14)20-22-17(13-26-20)21(24)23-12-4-6-15-5-3-7-18(25-2)19(15)23/h3,5,7-11,13H,4,6,12H2,1-2H3. The molecule has 2 aromatic carbocycles. The third-order valence-corrected chi connectivity index (χ3v) is 5.56. The Hall–Kier alpha value is -2.66. The molecular formula is C21H20N2O2S. The van der Waals surface area contributed by atoms with Crippen LogP contribution in [0.1, 0.15) is 28.0 Å². The fourth-order valence-electron chi connectivity index (χ4n) is 3.32. The van der Waals surface area contributed by atoms with Crippen LogP contribution >= 0.6 is 11.3 Å². The molecule has 4 nitrogen and oxygen atoms in total. The van der Waals surface area contributed by atoms with E-state index in [1.54, 1.807) is 7.11 Å². The van der Waals surface area contributed by atoms with Crippen LogP contribution in [0.3, 0.4) is 0 Å². The summed E-state index contributed by atoms with van der Waals surface area (Å²) < 4.78 is 5.50. The van der Waals surface area contributed by atoms with Gasteiger partial charge in [0.1, 0.15) is 16.5 Å². The van der Waals surface area contributed by atoms with Crippen LogP contribution < -0.4 is 9.64 Å². The van der Waals surface area contributed by atoms with Crippen LogP contribution in [0.5, 0.6) is 5.75 Å². The highest BCUT2D eigenvalue weighted by Gasteiger charge is 2.28. The van der Waals surface area contributed by atoms with Gasteiger partial charge in [-0.2, -0.15) is 0 Å². The van der Waals surface area contributed by atoms with Crippen LogP contribution in [0.15, 0.2) is 47.8 Å². The lowest BCUT2D eigenvalue weighted by molar-refractivity contribution is 0.0980. The molecule has 0 saturated carbocycles. The Morgan fingerprint density at radius 1 is 1.19 bits per heavy atom. The van der Waals surface area contributed by atoms with Crippen LogP contribution in [0, 0.1) is 6.92 Å². The van der Waals surface area contributed by atoms with Crippen molar-refractivity contribution in [2.75, 3.05) is 18.6 Å². The van der Waals surface area contributed by atoms with Gasteiger partial charge in [-0.05, 0) is 31.4 Å². The number of aryl methyl sites for hydroxylation is 2. The minimum Gasteiger partial charge on any atom is -0.495 e. The lowest BCUT2D eigenvalue weighted by Crippen LogP contribution is -2.36. The Bertz CT molecular complexity index is 933. The lowest BCUT2D eigenvalue weighted by Gasteiger charge is -2.30. The predicted octanol–water partition coefficient (Wildman–Crippen LogP) is 4.72. The number of thiazole rings is 1. The number of fused-ring (bicyclic) bond motifs is 1. The van der Waals surface area contributed by atoms with E-state index in [1.807, 2.05) is 34.5 Å². The second kappa shape index (κ2) is 6.92. The summed E-state index contributed by atoms with van der Waals surface area (Å²) in [6, 6.07) is 14.2. The fourth-order valence-corrected chi connectivity index (χ4v) is 4.12. The first-order chi connectivity index (χ1) is 12.7. The Balaban J connectivity index is 1.67. The summed E-state index contributed by atoms with van der Waals surface area (Å²) in [7, 11) is 1.64. The van der Waals surface area contributed by atoms with Gasteiger partial charge in [-0.3, -0.25) is 4.79 Å². The summed E-state index contributed by atoms with van der Waals surface area (Å²) in [4.78, 5) is 19.6. The molecular weight excluding hydrogens is 344 g/mol. The van der Waals surface area contributed by atoms with E-state index in [-0.39, 0.29) is 5.91 Å². The van der Waals surface area contributed by atoms with Crippen molar-refractivity contribution in [2.24, 2.45) is 0 Å². The zero-order chi connectivity index (χ0) is 18.1. The lowest BCUT2D eigenvalue weighted by atomic mass is 10.0. The number of rotatable bonds is 3. The molecule has 1 aliphatic rings. The highest BCUT2D eigenvalue weighted by atomic mass is 32.1. The molecule has 0 N–H and O–H groups in total. The molecule has 0 fully saturated rings. The van der Waals surface area contributed by atoms with E-state index in [9.17, 15) is 4.79 Å². The molecule has 0 spiro atoms. The highest BCUT2D eigenvalue weighted by molar-refractivity contribution is 7.13. The van der Waals surface area contributed by atoms with Crippen LogP contribution in [0.25, 0.3) is 10.6 Å². The number of para-hydroxylation sites is 1. The first-order valence-corrected chi connectivity index (χ1v) is 9.55. The second-order valence-corrected chi connectivity index (χ2v) is 7.29. The van der Waals surface area contributed by atoms with Gasteiger partial charge in [-0.15, -0.1) is 11.3 Å². The second-order valence-electron chi connectivity index (χ2n) is 6.43. The van der Waals surface area contributed by atoms with Crippen molar-refractivity contribution >= 4 is 22.9 Å². The van der Waals surface area contributed by atoms with Gasteiger partial charge in [0.15, 0.2) is 0 Å². The average molecular weight is 364 g/mol. The molecule has 1 amide bonds. The van der Waals surface area contributed by atoms with E-state index < -0.39 is 0 Å². The number of aromatic nitrogens is 1. The van der Waals surface area contributed by atoms with E-state index in [0.717, 1.165) is 40.4 Å². The maximum atomic E-state index is 13.1. The van der Waals surface area contributed by atoms with Crippen LogP contribution in [0.4, 0.5) is 5.69 Å². The maximum absolute atomic E-state index is 13.1. The number of amides is 1. The molecule has 0 aliphatic carbocycles. The normalized spacial score (nSPS) is 13.4. The highest BCUT2D eigenvalue weighted by Crippen LogP contribution is 2.37. The minimum absolute atomic E-state index is 0.0648. The third kappa shape index (κ3) is 2.99. The largest absolute Gasteiger partial charge is 0.495 e. The smallest absolute Gasteiger partial charge is 0.277 e. The average Bonchev–Trinajstić information content (AvgIpc) is 3.17. The van der Waals surface area contributed by atoms with Crippen LogP contribution in [-0.2, 0) is 6.42 Å². The number of ether oxygens (including phenoxy) is 1. The molecule has 0 radical (unpaired) electrons. The summed E-state index contributed by atoms with van der Waals surface area (Å²) in [6.45, 7) is 2.74. The number of anilines is 1. The SMILES string of the molecule is COc1cccc2c1N(C(=O)c1csc(-c3ccc(C)cc3)n1)CCC2. The number of hydrogen-bond donors (Lipinski definition) is 0. The monoisotopic (exact) mass is 364 g/mol. The van der Waals surface area contributed by atoms with E-state index in [4.69, 9.17) is 4.74 Å². The number of carbonyl (C=O) groups is 1. The zero-order valence-corrected chi connectivity index (χ0v) is 15.7. The van der Waals surface area contributed by atoms with E-state index in [2.05, 4.69) is 30.1 Å². The van der Waals surface area contributed by atoms with Gasteiger partial charge in [0.05, 0.1) is 12.8 Å². The molecule has 5 heteroatoms. The molecule has 0 saturated heterocycles. The fraction of sp³-hybridized carbons (Fsp3) is 0.238. The Morgan fingerprint density at radius 2 is 2.00 bits per heavy atom. The summed E-state index contributed by atoms with van der Waals surface area (Å²) in [5.41, 5.74) is 4.77. The van der Waals surface area contributed by atoms with Crippen molar-refractivity contribution < 1.29 is 9.53 Å². The van der Waals surface area contributed by atoms with Gasteiger partial charge in [0, 0.05) is 17.5 Å². The molecule has 26 heavy (non-hydrogen) atoms. The molecule has 0 bridgehead atoms. The minimum atomic E-state index is -0.0648. The van der Waals surface area contributed by atoms with Crippen molar-refractivity contribution in [2.45, 2.75) is 19.8 Å². The Labute approximate surface area is 157 Å². The van der Waals surface area contributed by atoms with Crippen LogP contribution in [0.2, 0.25) is 0 Å². The summed E-state index contributed by atoms with van der Waals surface area (Å²) in [5.74, 6) is 0.676. The molecule has 3 aromatic rings. The van der Waals surface area contributed by atoms with Crippen LogP contribution in [-0.4, -0.2) is 24.5 Å². The van der Waals surface area contributed by atoms with E-state index in [1.165, 1.54) is 16.9 Å². The summed E-state index contributed by atoms with van der Waals surface area (Å²) in [5, 5.41) is 2.71. The topological polar surface area (TPSA) is 42.4 Å². The molecule has 0 unspecified atom stereocenters. The molecule has 132 valence electrons. The van der Waals surface area contributed by atoms with Gasteiger partial charge in [-0.25, -0.2) is 4.98 Å². The van der Waals surface area contributed by atoms with Gasteiger partial charge < -0.3 is 9.64 Å². The van der Waals surface area contributed by atoms with Crippen molar-refractivity contribution in [3.8, 4) is 16.3 Å². The van der Waals surface area contributed by atoms with Crippen molar-refractivity contribution in [1.29, 1.82) is 0 Å². The van der Waals surface area contributed by atoms with Crippen molar-refractivity contribution in [3.05, 3.63) is 64.7 Å². The van der Waals surface area contributed by atoms with E-state index >= 15 is 0 Å². The number of methoxy groups -OCH3 is 1. The Morgan fingerprint density at radius 3 is 2.77 bits per heavy atom. The molecule has 2 heterocycles. The van der Waals surface area contributed by atoms with Gasteiger partial charge in [0.25, 0.3) is 5.91 Å². The maximum Gasteiger partial charge on any atom is 0.277 e. The molecule has 0 atom stereocenters. The van der Waals surface area contributed by atoms with Gasteiger partial charge in [0.2, 0.25) is 0 Å². The quantitative estimate of drug-likeness (QED) is 0.675. The first kappa shape index (κ1) is 16.8. The predicted molar refractivity (Wildman–Crippen MR) is 105 cm³/mol. The molecule has 1 aromatic heterocycles. The molecule has 4 rings (SSSR count). The number of carbonyl (C=O) groups excluding carboxylic acids is 1. The summed E-state index contributed by atoms with van der Waals surface area (Å²) >= 11 is 1.50. The Kier molecular flexibility index (Phi) is 4.47. The summed E-state index contributed by atoms with van der Waals surface area (Å²) in [6.07, 6.45) is 1.91. The van der Waals surface area contributed by atoms with E-state index in [0.29, 0.717) is 12.2 Å². The molecule has 1 aliphatic heterocycles.